The zero-order chi connectivity index (χ0) is 20.8. The minimum absolute atomic E-state index is 0.0421. The van der Waals surface area contributed by atoms with Gasteiger partial charge in [0.25, 0.3) is 0 Å². The van der Waals surface area contributed by atoms with Crippen molar-refractivity contribution in [3.63, 3.8) is 0 Å². The maximum atomic E-state index is 12.2. The zero-order valence-corrected chi connectivity index (χ0v) is 22.0. The van der Waals surface area contributed by atoms with E-state index in [-0.39, 0.29) is 6.10 Å². The first-order valence-corrected chi connectivity index (χ1v) is 18.8. The second-order valence-electron chi connectivity index (χ2n) is 9.54. The molecule has 162 valence electrons. The standard InChI is InChI=1S/C21H46O3SSi2/c1-8-9-10-11-12-13-14-15-16-17-21(22)25-19-20(24-27(5,6)7)18-23-26(2,3)4/h20H,8-19H2,1-7H3. The first-order chi connectivity index (χ1) is 12.5. The third-order valence-corrected chi connectivity index (χ3v) is 7.27. The van der Waals surface area contributed by atoms with Crippen LogP contribution in [0.25, 0.3) is 0 Å². The Kier molecular flexibility index (Phi) is 15.5. The van der Waals surface area contributed by atoms with Crippen LogP contribution in [0.1, 0.15) is 71.1 Å². The molecule has 0 aliphatic rings. The predicted octanol–water partition coefficient (Wildman–Crippen LogP) is 7.24. The first kappa shape index (κ1) is 27.4. The van der Waals surface area contributed by atoms with Crippen LogP contribution >= 0.6 is 11.8 Å². The Morgan fingerprint density at radius 3 is 1.81 bits per heavy atom. The molecular formula is C21H46O3SSi2. The van der Waals surface area contributed by atoms with E-state index in [0.29, 0.717) is 18.1 Å². The molecule has 0 saturated heterocycles. The summed E-state index contributed by atoms with van der Waals surface area (Å²) in [6, 6.07) is 0. The van der Waals surface area contributed by atoms with Crippen molar-refractivity contribution in [3.05, 3.63) is 0 Å². The molecule has 0 aromatic heterocycles. The number of hydrogen-bond donors (Lipinski definition) is 0. The quantitative estimate of drug-likeness (QED) is 0.178. The number of carbonyl (C=O) groups is 1. The van der Waals surface area contributed by atoms with Crippen molar-refractivity contribution in [3.8, 4) is 0 Å². The van der Waals surface area contributed by atoms with Gasteiger partial charge in [0.2, 0.25) is 0 Å². The fraction of sp³-hybridized carbons (Fsp3) is 0.952. The second kappa shape index (κ2) is 15.2. The Hall–Kier alpha value is 0.374. The highest BCUT2D eigenvalue weighted by Crippen LogP contribution is 2.18. The van der Waals surface area contributed by atoms with Gasteiger partial charge < -0.3 is 8.85 Å². The van der Waals surface area contributed by atoms with Crippen molar-refractivity contribution in [1.29, 1.82) is 0 Å². The summed E-state index contributed by atoms with van der Waals surface area (Å²) in [5, 5.41) is 0.315. The first-order valence-electron chi connectivity index (χ1n) is 11.0. The summed E-state index contributed by atoms with van der Waals surface area (Å²) in [6.45, 7) is 16.1. The molecule has 0 rings (SSSR count). The van der Waals surface area contributed by atoms with Crippen molar-refractivity contribution in [1.82, 2.24) is 0 Å². The van der Waals surface area contributed by atoms with Crippen molar-refractivity contribution in [2.45, 2.75) is 117 Å². The van der Waals surface area contributed by atoms with Gasteiger partial charge in [-0.3, -0.25) is 4.79 Å². The largest absolute Gasteiger partial charge is 0.415 e. The molecule has 3 nitrogen and oxygen atoms in total. The van der Waals surface area contributed by atoms with Gasteiger partial charge in [0.1, 0.15) is 0 Å². The number of hydrogen-bond acceptors (Lipinski definition) is 4. The maximum Gasteiger partial charge on any atom is 0.189 e. The third-order valence-electron chi connectivity index (χ3n) is 4.14. The van der Waals surface area contributed by atoms with E-state index < -0.39 is 16.6 Å². The van der Waals surface area contributed by atoms with Gasteiger partial charge in [0.05, 0.1) is 12.7 Å². The molecule has 0 radical (unpaired) electrons. The fourth-order valence-corrected chi connectivity index (χ4v) is 5.58. The van der Waals surface area contributed by atoms with Gasteiger partial charge in [-0.05, 0) is 45.7 Å². The molecule has 0 aliphatic carbocycles. The average Bonchev–Trinajstić information content (AvgIpc) is 2.54. The van der Waals surface area contributed by atoms with Crippen molar-refractivity contribution < 1.29 is 13.6 Å². The molecule has 27 heavy (non-hydrogen) atoms. The lowest BCUT2D eigenvalue weighted by Gasteiger charge is -2.28. The maximum absolute atomic E-state index is 12.2. The van der Waals surface area contributed by atoms with Crippen LogP contribution in [0, 0.1) is 0 Å². The summed E-state index contributed by atoms with van der Waals surface area (Å²) in [5.74, 6) is 0.727. The molecule has 0 aromatic rings. The molecule has 0 aliphatic heterocycles. The highest BCUT2D eigenvalue weighted by atomic mass is 32.2. The van der Waals surface area contributed by atoms with Crippen LogP contribution in [0.15, 0.2) is 0 Å². The molecular weight excluding hydrogens is 388 g/mol. The van der Waals surface area contributed by atoms with E-state index in [4.69, 9.17) is 8.85 Å². The van der Waals surface area contributed by atoms with E-state index >= 15 is 0 Å². The van der Waals surface area contributed by atoms with E-state index in [9.17, 15) is 4.79 Å². The number of thioether (sulfide) groups is 1. The van der Waals surface area contributed by atoms with Crippen LogP contribution in [0.2, 0.25) is 39.3 Å². The SMILES string of the molecule is CCCCCCCCCCCC(=O)SCC(CO[Si](C)(C)C)O[Si](C)(C)C. The van der Waals surface area contributed by atoms with Gasteiger partial charge in [0, 0.05) is 12.2 Å². The summed E-state index contributed by atoms with van der Waals surface area (Å²) in [6.07, 6.45) is 12.4. The lowest BCUT2D eigenvalue weighted by molar-refractivity contribution is -0.111. The second-order valence-corrected chi connectivity index (χ2v) is 19.6. The minimum atomic E-state index is -1.63. The molecule has 0 spiro atoms. The highest BCUT2D eigenvalue weighted by Gasteiger charge is 2.24. The average molecular weight is 435 g/mol. The van der Waals surface area contributed by atoms with Crippen LogP contribution < -0.4 is 0 Å². The number of carbonyl (C=O) groups excluding carboxylic acids is 1. The Labute approximate surface area is 176 Å². The summed E-state index contributed by atoms with van der Waals surface area (Å²) in [5.41, 5.74) is 0. The van der Waals surface area contributed by atoms with Gasteiger partial charge in [0.15, 0.2) is 21.8 Å². The Morgan fingerprint density at radius 2 is 1.33 bits per heavy atom. The molecule has 6 heteroatoms. The van der Waals surface area contributed by atoms with Crippen LogP contribution in [0.4, 0.5) is 0 Å². The van der Waals surface area contributed by atoms with Crippen molar-refractivity contribution in [2.24, 2.45) is 0 Å². The van der Waals surface area contributed by atoms with Crippen LogP contribution in [-0.2, 0) is 13.6 Å². The monoisotopic (exact) mass is 434 g/mol. The van der Waals surface area contributed by atoms with E-state index in [2.05, 4.69) is 46.2 Å². The normalized spacial score (nSPS) is 13.7. The molecule has 0 saturated carbocycles. The third kappa shape index (κ3) is 20.9. The van der Waals surface area contributed by atoms with E-state index in [1.807, 2.05) is 0 Å². The van der Waals surface area contributed by atoms with Crippen LogP contribution in [0.5, 0.6) is 0 Å². The van der Waals surface area contributed by atoms with Gasteiger partial charge in [-0.2, -0.15) is 0 Å². The molecule has 0 aromatic carbocycles. The predicted molar refractivity (Wildman–Crippen MR) is 127 cm³/mol. The minimum Gasteiger partial charge on any atom is -0.415 e. The number of rotatable bonds is 17. The Bertz CT molecular complexity index is 379. The van der Waals surface area contributed by atoms with E-state index in [0.717, 1.165) is 12.2 Å². The van der Waals surface area contributed by atoms with Crippen molar-refractivity contribution in [2.75, 3.05) is 12.4 Å². The Balaban J connectivity index is 3.91. The molecule has 1 atom stereocenters. The summed E-state index contributed by atoms with van der Waals surface area (Å²) in [7, 11) is -3.19. The van der Waals surface area contributed by atoms with Crippen LogP contribution in [-0.4, -0.2) is 40.2 Å². The number of unbranched alkanes of at least 4 members (excludes halogenated alkanes) is 8. The van der Waals surface area contributed by atoms with Crippen LogP contribution in [0.3, 0.4) is 0 Å². The van der Waals surface area contributed by atoms with Gasteiger partial charge in [-0.25, -0.2) is 0 Å². The summed E-state index contributed by atoms with van der Waals surface area (Å²) in [4.78, 5) is 12.2. The fourth-order valence-electron chi connectivity index (χ4n) is 2.80. The molecule has 0 amide bonds. The zero-order valence-electron chi connectivity index (χ0n) is 19.2. The lowest BCUT2D eigenvalue weighted by atomic mass is 10.1. The van der Waals surface area contributed by atoms with Gasteiger partial charge >= 0.3 is 0 Å². The van der Waals surface area contributed by atoms with Gasteiger partial charge in [-0.15, -0.1) is 0 Å². The molecule has 0 bridgehead atoms. The molecule has 0 heterocycles. The lowest BCUT2D eigenvalue weighted by Crippen LogP contribution is -2.39. The van der Waals surface area contributed by atoms with Gasteiger partial charge in [-0.1, -0.05) is 70.1 Å². The molecule has 0 N–H and O–H groups in total. The summed E-state index contributed by atoms with van der Waals surface area (Å²) < 4.78 is 12.3. The molecule has 1 unspecified atom stereocenters. The summed E-state index contributed by atoms with van der Waals surface area (Å²) >= 11 is 1.45. The topological polar surface area (TPSA) is 35.5 Å². The highest BCUT2D eigenvalue weighted by molar-refractivity contribution is 8.13. The van der Waals surface area contributed by atoms with E-state index in [1.54, 1.807) is 0 Å². The van der Waals surface area contributed by atoms with E-state index in [1.165, 1.54) is 63.1 Å². The van der Waals surface area contributed by atoms with Crippen molar-refractivity contribution >= 4 is 33.5 Å². The Morgan fingerprint density at radius 1 is 0.815 bits per heavy atom. The smallest absolute Gasteiger partial charge is 0.189 e. The molecule has 0 fully saturated rings.